The first-order valence-corrected chi connectivity index (χ1v) is 3.18. The molecule has 0 saturated heterocycles. The quantitative estimate of drug-likeness (QED) is 0.580. The van der Waals surface area contributed by atoms with Gasteiger partial charge in [0.05, 0.1) is 17.1 Å². The van der Waals surface area contributed by atoms with Gasteiger partial charge in [0, 0.05) is 0 Å². The summed E-state index contributed by atoms with van der Waals surface area (Å²) in [5, 5.41) is 0. The van der Waals surface area contributed by atoms with E-state index in [1.165, 1.54) is 0 Å². The Kier molecular flexibility index (Phi) is 1.57. The minimum atomic E-state index is 0.700. The lowest BCUT2D eigenvalue weighted by atomic mass is 10.3. The fourth-order valence-corrected chi connectivity index (χ4v) is 0.893. The maximum absolute atomic E-state index is 5.63. The zero-order valence-corrected chi connectivity index (χ0v) is 6.47. The Bertz CT molecular complexity index is 232. The molecule has 0 atom stereocenters. The van der Waals surface area contributed by atoms with Gasteiger partial charge in [-0.15, -0.1) is 0 Å². The van der Waals surface area contributed by atoms with E-state index in [0.29, 0.717) is 5.69 Å². The van der Waals surface area contributed by atoms with Crippen molar-refractivity contribution in [2.75, 3.05) is 5.73 Å². The molecule has 0 aliphatic rings. The van der Waals surface area contributed by atoms with Crippen molar-refractivity contribution >= 4 is 5.69 Å². The molecule has 0 bridgehead atoms. The molecular formula is C7H11N3. The highest BCUT2D eigenvalue weighted by atomic mass is 14.9. The van der Waals surface area contributed by atoms with Crippen LogP contribution in [-0.4, -0.2) is 9.97 Å². The number of rotatable bonds is 0. The van der Waals surface area contributed by atoms with Gasteiger partial charge in [0.15, 0.2) is 0 Å². The third kappa shape index (κ3) is 1.07. The zero-order chi connectivity index (χ0) is 7.72. The van der Waals surface area contributed by atoms with Crippen molar-refractivity contribution in [1.29, 1.82) is 0 Å². The first-order valence-electron chi connectivity index (χ1n) is 3.18. The summed E-state index contributed by atoms with van der Waals surface area (Å²) in [6.45, 7) is 5.63. The third-order valence-corrected chi connectivity index (χ3v) is 1.44. The molecule has 0 aliphatic heterocycles. The van der Waals surface area contributed by atoms with Crippen LogP contribution in [0.4, 0.5) is 5.69 Å². The molecule has 0 amide bonds. The van der Waals surface area contributed by atoms with E-state index in [2.05, 4.69) is 9.97 Å². The first kappa shape index (κ1) is 6.99. The second-order valence-electron chi connectivity index (χ2n) is 2.36. The largest absolute Gasteiger partial charge is 0.396 e. The van der Waals surface area contributed by atoms with Gasteiger partial charge in [-0.2, -0.15) is 0 Å². The molecule has 2 N–H and O–H groups in total. The highest BCUT2D eigenvalue weighted by Gasteiger charge is 1.99. The molecule has 1 heterocycles. The van der Waals surface area contributed by atoms with Gasteiger partial charge in [-0.1, -0.05) is 0 Å². The van der Waals surface area contributed by atoms with E-state index >= 15 is 0 Å². The fourth-order valence-electron chi connectivity index (χ4n) is 0.893. The normalized spacial score (nSPS) is 9.90. The van der Waals surface area contributed by atoms with E-state index in [9.17, 15) is 0 Å². The minimum Gasteiger partial charge on any atom is -0.396 e. The molecule has 0 aromatic carbocycles. The molecule has 0 saturated carbocycles. The van der Waals surface area contributed by atoms with Crippen LogP contribution in [0.3, 0.4) is 0 Å². The molecule has 10 heavy (non-hydrogen) atoms. The van der Waals surface area contributed by atoms with Gasteiger partial charge < -0.3 is 5.73 Å². The SMILES string of the molecule is Cc1nc(C)c(N)c(C)n1. The number of nitrogen functional groups attached to an aromatic ring is 1. The molecule has 0 radical (unpaired) electrons. The van der Waals surface area contributed by atoms with Crippen LogP contribution in [0.1, 0.15) is 17.2 Å². The van der Waals surface area contributed by atoms with Gasteiger partial charge >= 0.3 is 0 Å². The van der Waals surface area contributed by atoms with Gasteiger partial charge in [-0.05, 0) is 20.8 Å². The van der Waals surface area contributed by atoms with Gasteiger partial charge in [0.2, 0.25) is 0 Å². The Morgan fingerprint density at radius 2 is 1.40 bits per heavy atom. The number of nitrogens with zero attached hydrogens (tertiary/aromatic N) is 2. The summed E-state index contributed by atoms with van der Waals surface area (Å²) in [6.07, 6.45) is 0. The standard InChI is InChI=1S/C7H11N3/c1-4-7(8)5(2)10-6(3)9-4/h8H2,1-3H3. The van der Waals surface area contributed by atoms with Crippen molar-refractivity contribution in [3.05, 3.63) is 17.2 Å². The molecule has 3 heteroatoms. The molecule has 0 unspecified atom stereocenters. The van der Waals surface area contributed by atoms with Gasteiger partial charge in [-0.3, -0.25) is 0 Å². The molecule has 0 aliphatic carbocycles. The van der Waals surface area contributed by atoms with Gasteiger partial charge in [0.25, 0.3) is 0 Å². The maximum atomic E-state index is 5.63. The summed E-state index contributed by atoms with van der Waals surface area (Å²) in [7, 11) is 0. The molecule has 54 valence electrons. The highest BCUT2D eigenvalue weighted by molar-refractivity contribution is 5.45. The predicted octanol–water partition coefficient (Wildman–Crippen LogP) is 0.984. The molecule has 1 rings (SSSR count). The van der Waals surface area contributed by atoms with Crippen LogP contribution in [0.5, 0.6) is 0 Å². The Balaban J connectivity index is 3.31. The molecule has 3 nitrogen and oxygen atoms in total. The summed E-state index contributed by atoms with van der Waals surface area (Å²) in [5.74, 6) is 0.782. The van der Waals surface area contributed by atoms with Crippen LogP contribution in [0.2, 0.25) is 0 Å². The van der Waals surface area contributed by atoms with Crippen LogP contribution in [0, 0.1) is 20.8 Å². The third-order valence-electron chi connectivity index (χ3n) is 1.44. The van der Waals surface area contributed by atoms with Crippen LogP contribution in [0.25, 0.3) is 0 Å². The van der Waals surface area contributed by atoms with Crippen LogP contribution >= 0.6 is 0 Å². The second-order valence-corrected chi connectivity index (χ2v) is 2.36. The summed E-state index contributed by atoms with van der Waals surface area (Å²) in [5.41, 5.74) is 8.06. The minimum absolute atomic E-state index is 0.700. The Labute approximate surface area is 60.3 Å². The van der Waals surface area contributed by atoms with Crippen molar-refractivity contribution in [3.63, 3.8) is 0 Å². The number of aromatic nitrogens is 2. The number of nitrogens with two attached hydrogens (primary N) is 1. The van der Waals surface area contributed by atoms with E-state index in [1.807, 2.05) is 20.8 Å². The van der Waals surface area contributed by atoms with E-state index in [4.69, 9.17) is 5.73 Å². The van der Waals surface area contributed by atoms with Crippen molar-refractivity contribution in [1.82, 2.24) is 9.97 Å². The monoisotopic (exact) mass is 137 g/mol. The number of anilines is 1. The molecule has 1 aromatic rings. The first-order chi connectivity index (χ1) is 4.61. The Morgan fingerprint density at radius 3 is 1.80 bits per heavy atom. The van der Waals surface area contributed by atoms with Crippen molar-refractivity contribution in [3.8, 4) is 0 Å². The Morgan fingerprint density at radius 1 is 1.00 bits per heavy atom. The van der Waals surface area contributed by atoms with E-state index < -0.39 is 0 Å². The lowest BCUT2D eigenvalue weighted by Crippen LogP contribution is -2.01. The fraction of sp³-hybridized carbons (Fsp3) is 0.429. The molecule has 1 aromatic heterocycles. The zero-order valence-electron chi connectivity index (χ0n) is 6.47. The maximum Gasteiger partial charge on any atom is 0.125 e. The average molecular weight is 137 g/mol. The van der Waals surface area contributed by atoms with Gasteiger partial charge in [0.1, 0.15) is 5.82 Å². The lowest BCUT2D eigenvalue weighted by molar-refractivity contribution is 0.983. The van der Waals surface area contributed by atoms with Gasteiger partial charge in [-0.25, -0.2) is 9.97 Å². The van der Waals surface area contributed by atoms with Crippen LogP contribution < -0.4 is 5.73 Å². The smallest absolute Gasteiger partial charge is 0.125 e. The van der Waals surface area contributed by atoms with Crippen LogP contribution in [-0.2, 0) is 0 Å². The van der Waals surface area contributed by atoms with E-state index in [0.717, 1.165) is 17.2 Å². The average Bonchev–Trinajstić information content (AvgIpc) is 1.82. The number of aryl methyl sites for hydroxylation is 3. The van der Waals surface area contributed by atoms with Crippen molar-refractivity contribution in [2.45, 2.75) is 20.8 Å². The highest BCUT2D eigenvalue weighted by Crippen LogP contribution is 2.10. The predicted molar refractivity (Wildman–Crippen MR) is 40.7 cm³/mol. The summed E-state index contributed by atoms with van der Waals surface area (Å²) in [6, 6.07) is 0. The second kappa shape index (κ2) is 2.25. The summed E-state index contributed by atoms with van der Waals surface area (Å²) >= 11 is 0. The summed E-state index contributed by atoms with van der Waals surface area (Å²) < 4.78 is 0. The molecule has 0 fully saturated rings. The topological polar surface area (TPSA) is 51.8 Å². The van der Waals surface area contributed by atoms with Crippen molar-refractivity contribution < 1.29 is 0 Å². The number of hydrogen-bond acceptors (Lipinski definition) is 3. The number of hydrogen-bond donors (Lipinski definition) is 1. The molecular weight excluding hydrogens is 126 g/mol. The Hall–Kier alpha value is -1.12. The lowest BCUT2D eigenvalue weighted by Gasteiger charge is -2.02. The van der Waals surface area contributed by atoms with Crippen molar-refractivity contribution in [2.24, 2.45) is 0 Å². The van der Waals surface area contributed by atoms with E-state index in [-0.39, 0.29) is 0 Å². The van der Waals surface area contributed by atoms with Crippen LogP contribution in [0.15, 0.2) is 0 Å². The molecule has 0 spiro atoms. The van der Waals surface area contributed by atoms with E-state index in [1.54, 1.807) is 0 Å². The summed E-state index contributed by atoms with van der Waals surface area (Å²) in [4.78, 5) is 8.20.